The van der Waals surface area contributed by atoms with Gasteiger partial charge in [0.1, 0.15) is 12.4 Å². The van der Waals surface area contributed by atoms with Crippen LogP contribution in [0.2, 0.25) is 0 Å². The van der Waals surface area contributed by atoms with Crippen molar-refractivity contribution in [3.63, 3.8) is 0 Å². The molecule has 2 fully saturated rings. The van der Waals surface area contributed by atoms with Crippen LogP contribution in [0.5, 0.6) is 5.75 Å². The summed E-state index contributed by atoms with van der Waals surface area (Å²) in [6.07, 6.45) is 0.717. The number of amidine groups is 1. The Morgan fingerprint density at radius 3 is 2.55 bits per heavy atom. The van der Waals surface area contributed by atoms with Crippen LogP contribution in [-0.2, 0) is 21.2 Å². The maximum Gasteiger partial charge on any atom is 0.250 e. The van der Waals surface area contributed by atoms with Gasteiger partial charge in [0.05, 0.1) is 17.5 Å². The number of anilines is 1. The summed E-state index contributed by atoms with van der Waals surface area (Å²) >= 11 is 1.40. The zero-order chi connectivity index (χ0) is 22.0. The summed E-state index contributed by atoms with van der Waals surface area (Å²) in [6, 6.07) is 17.3. The lowest BCUT2D eigenvalue weighted by Gasteiger charge is -2.25. The Hall–Kier alpha value is -2.32. The summed E-state index contributed by atoms with van der Waals surface area (Å²) in [5, 5.41) is 0.482. The summed E-state index contributed by atoms with van der Waals surface area (Å²) in [5.74, 6) is 0.596. The van der Waals surface area contributed by atoms with Gasteiger partial charge in [-0.2, -0.15) is 4.99 Å². The third-order valence-corrected chi connectivity index (χ3v) is 8.88. The lowest BCUT2D eigenvalue weighted by molar-refractivity contribution is -0.121. The molecular weight excluding hydrogens is 432 g/mol. The van der Waals surface area contributed by atoms with Gasteiger partial charge in [-0.1, -0.05) is 55.9 Å². The molecule has 2 aromatic rings. The highest BCUT2D eigenvalue weighted by molar-refractivity contribution is 8.16. The standard InChI is InChI=1S/C23H26N2O4S2/c1-3-16(2)22(26)24-23-25(20-14-31(27,28)15-21(20)30-23)18-9-11-19(12-10-18)29-13-17-7-5-4-6-8-17/h4-12,16,20-21H,3,13-15H2,1-2H3/t16-,20-,21-/m0/s1. The minimum absolute atomic E-state index is 0.0769. The first-order valence-electron chi connectivity index (χ1n) is 10.4. The Bertz CT molecular complexity index is 1070. The number of fused-ring (bicyclic) bond motifs is 1. The van der Waals surface area contributed by atoms with Crippen LogP contribution in [-0.4, -0.2) is 42.3 Å². The number of carbonyl (C=O) groups excluding carboxylic acids is 1. The molecule has 1 amide bonds. The summed E-state index contributed by atoms with van der Waals surface area (Å²) in [6.45, 7) is 4.29. The van der Waals surface area contributed by atoms with Crippen molar-refractivity contribution in [1.82, 2.24) is 0 Å². The van der Waals surface area contributed by atoms with E-state index in [1.807, 2.05) is 73.3 Å². The largest absolute Gasteiger partial charge is 0.489 e. The lowest BCUT2D eigenvalue weighted by atomic mass is 10.1. The Balaban J connectivity index is 1.56. The van der Waals surface area contributed by atoms with Crippen LogP contribution in [0.4, 0.5) is 5.69 Å². The topological polar surface area (TPSA) is 76.0 Å². The van der Waals surface area contributed by atoms with E-state index in [-0.39, 0.29) is 34.6 Å². The molecule has 3 atom stereocenters. The molecule has 2 aromatic carbocycles. The van der Waals surface area contributed by atoms with Crippen LogP contribution in [0.25, 0.3) is 0 Å². The number of hydrogen-bond donors (Lipinski definition) is 0. The van der Waals surface area contributed by atoms with Crippen molar-refractivity contribution in [2.24, 2.45) is 10.9 Å². The van der Waals surface area contributed by atoms with Gasteiger partial charge in [0.2, 0.25) is 0 Å². The molecule has 0 N–H and O–H groups in total. The zero-order valence-corrected chi connectivity index (χ0v) is 19.2. The smallest absolute Gasteiger partial charge is 0.250 e. The summed E-state index contributed by atoms with van der Waals surface area (Å²) in [7, 11) is -3.09. The maximum atomic E-state index is 12.5. The minimum atomic E-state index is -3.09. The van der Waals surface area contributed by atoms with Crippen LogP contribution in [0.15, 0.2) is 59.6 Å². The van der Waals surface area contributed by atoms with E-state index in [1.54, 1.807) is 0 Å². The number of hydrogen-bond acceptors (Lipinski definition) is 5. The number of thioether (sulfide) groups is 1. The number of carbonyl (C=O) groups is 1. The molecule has 0 saturated carbocycles. The first-order chi connectivity index (χ1) is 14.9. The lowest BCUT2D eigenvalue weighted by Crippen LogP contribution is -2.37. The number of benzene rings is 2. The highest BCUT2D eigenvalue weighted by atomic mass is 32.2. The van der Waals surface area contributed by atoms with Crippen molar-refractivity contribution in [2.75, 3.05) is 16.4 Å². The fraction of sp³-hybridized carbons (Fsp3) is 0.391. The SMILES string of the molecule is CC[C@H](C)C(=O)N=C1S[C@H]2CS(=O)(=O)C[C@@H]2N1c1ccc(OCc2ccccc2)cc1. The second-order valence-corrected chi connectivity index (χ2v) is 11.3. The van der Waals surface area contributed by atoms with Crippen molar-refractivity contribution < 1.29 is 17.9 Å². The molecule has 0 spiro atoms. The van der Waals surface area contributed by atoms with E-state index in [4.69, 9.17) is 4.74 Å². The summed E-state index contributed by atoms with van der Waals surface area (Å²) in [4.78, 5) is 18.8. The molecule has 2 aliphatic heterocycles. The zero-order valence-electron chi connectivity index (χ0n) is 17.6. The molecule has 0 unspecified atom stereocenters. The molecule has 0 bridgehead atoms. The molecule has 0 aromatic heterocycles. The predicted octanol–water partition coefficient (Wildman–Crippen LogP) is 3.91. The van der Waals surface area contributed by atoms with Crippen molar-refractivity contribution >= 4 is 38.4 Å². The average molecular weight is 459 g/mol. The molecule has 164 valence electrons. The van der Waals surface area contributed by atoms with E-state index in [0.29, 0.717) is 11.8 Å². The summed E-state index contributed by atoms with van der Waals surface area (Å²) < 4.78 is 30.3. The van der Waals surface area contributed by atoms with Crippen molar-refractivity contribution in [3.05, 3.63) is 60.2 Å². The van der Waals surface area contributed by atoms with Crippen LogP contribution < -0.4 is 9.64 Å². The normalized spacial score (nSPS) is 24.2. The van der Waals surface area contributed by atoms with E-state index >= 15 is 0 Å². The van der Waals surface area contributed by atoms with Crippen molar-refractivity contribution in [2.45, 2.75) is 38.2 Å². The number of amides is 1. The molecule has 0 radical (unpaired) electrons. The number of rotatable bonds is 6. The van der Waals surface area contributed by atoms with Crippen LogP contribution >= 0.6 is 11.8 Å². The molecule has 4 rings (SSSR count). The molecule has 2 aliphatic rings. The van der Waals surface area contributed by atoms with Gasteiger partial charge in [0.15, 0.2) is 15.0 Å². The molecule has 2 heterocycles. The molecular formula is C23H26N2O4S2. The van der Waals surface area contributed by atoms with Gasteiger partial charge in [-0.25, -0.2) is 8.42 Å². The Morgan fingerprint density at radius 2 is 1.87 bits per heavy atom. The molecule has 2 saturated heterocycles. The van der Waals surface area contributed by atoms with Crippen molar-refractivity contribution in [3.8, 4) is 5.75 Å². The quantitative estimate of drug-likeness (QED) is 0.653. The van der Waals surface area contributed by atoms with Gasteiger partial charge in [-0.15, -0.1) is 0 Å². The second-order valence-electron chi connectivity index (χ2n) is 7.98. The average Bonchev–Trinajstić information content (AvgIpc) is 3.23. The number of aliphatic imine (C=N–C) groups is 1. The van der Waals surface area contributed by atoms with Crippen LogP contribution in [0.1, 0.15) is 25.8 Å². The third kappa shape index (κ3) is 4.96. The fourth-order valence-electron chi connectivity index (χ4n) is 3.69. The second kappa shape index (κ2) is 9.04. The third-order valence-electron chi connectivity index (χ3n) is 5.67. The number of ether oxygens (including phenoxy) is 1. The number of sulfone groups is 1. The number of nitrogens with zero attached hydrogens (tertiary/aromatic N) is 2. The van der Waals surface area contributed by atoms with Gasteiger partial charge in [-0.3, -0.25) is 4.79 Å². The summed E-state index contributed by atoms with van der Waals surface area (Å²) in [5.41, 5.74) is 1.90. The predicted molar refractivity (Wildman–Crippen MR) is 125 cm³/mol. The first kappa shape index (κ1) is 21.9. The highest BCUT2D eigenvalue weighted by Gasteiger charge is 2.49. The van der Waals surface area contributed by atoms with Crippen LogP contribution in [0, 0.1) is 5.92 Å². The van der Waals surface area contributed by atoms with E-state index in [1.165, 1.54) is 11.8 Å². The first-order valence-corrected chi connectivity index (χ1v) is 13.1. The highest BCUT2D eigenvalue weighted by Crippen LogP contribution is 2.41. The molecule has 31 heavy (non-hydrogen) atoms. The van der Waals surface area contributed by atoms with Gasteiger partial charge in [0.25, 0.3) is 5.91 Å². The molecule has 8 heteroatoms. The Kier molecular flexibility index (Phi) is 6.39. The van der Waals surface area contributed by atoms with Crippen LogP contribution in [0.3, 0.4) is 0 Å². The molecule has 6 nitrogen and oxygen atoms in total. The van der Waals surface area contributed by atoms with E-state index in [2.05, 4.69) is 4.99 Å². The van der Waals surface area contributed by atoms with Gasteiger partial charge < -0.3 is 9.64 Å². The van der Waals surface area contributed by atoms with E-state index in [9.17, 15) is 13.2 Å². The van der Waals surface area contributed by atoms with Gasteiger partial charge >= 0.3 is 0 Å². The van der Waals surface area contributed by atoms with Gasteiger partial charge in [0, 0.05) is 16.9 Å². The molecule has 0 aliphatic carbocycles. The van der Waals surface area contributed by atoms with E-state index in [0.717, 1.165) is 23.4 Å². The van der Waals surface area contributed by atoms with Crippen molar-refractivity contribution in [1.29, 1.82) is 0 Å². The Morgan fingerprint density at radius 1 is 1.16 bits per heavy atom. The van der Waals surface area contributed by atoms with E-state index < -0.39 is 9.84 Å². The Labute approximate surface area is 187 Å². The van der Waals surface area contributed by atoms with Gasteiger partial charge in [-0.05, 0) is 36.2 Å². The monoisotopic (exact) mass is 458 g/mol. The fourth-order valence-corrected chi connectivity index (χ4v) is 7.61. The maximum absolute atomic E-state index is 12.5. The minimum Gasteiger partial charge on any atom is -0.489 e.